The molecule has 0 radical (unpaired) electrons. The molecule has 4 aliphatic rings. The van der Waals surface area contributed by atoms with Gasteiger partial charge in [0.2, 0.25) is 0 Å². The minimum absolute atomic E-state index is 0.283. The second-order valence-corrected chi connectivity index (χ2v) is 12.2. The van der Waals surface area contributed by atoms with Crippen molar-refractivity contribution in [3.63, 3.8) is 0 Å². The Labute approximate surface area is 236 Å². The number of rotatable bonds is 12. The van der Waals surface area contributed by atoms with E-state index in [2.05, 4.69) is 74.6 Å². The fraction of sp³-hybridized carbons (Fsp3) is 0.559. The second-order valence-electron chi connectivity index (χ2n) is 12.2. The van der Waals surface area contributed by atoms with Gasteiger partial charge in [0.25, 0.3) is 0 Å². The molecule has 1 aromatic heterocycles. The molecule has 0 spiro atoms. The van der Waals surface area contributed by atoms with Crippen LogP contribution in [0.5, 0.6) is 0 Å². The third-order valence-electron chi connectivity index (χ3n) is 8.27. The first kappa shape index (κ1) is 27.6. The number of allylic oxidation sites excluding steroid dienone is 5. The highest BCUT2D eigenvalue weighted by molar-refractivity contribution is 6.13. The number of nitrogens with zero attached hydrogens (tertiary/aromatic N) is 4. The highest BCUT2D eigenvalue weighted by Gasteiger charge is 2.24. The van der Waals surface area contributed by atoms with Gasteiger partial charge in [-0.25, -0.2) is 5.01 Å². The van der Waals surface area contributed by atoms with Crippen LogP contribution in [0, 0.1) is 11.8 Å². The first-order valence-corrected chi connectivity index (χ1v) is 15.4. The van der Waals surface area contributed by atoms with Crippen molar-refractivity contribution >= 4 is 29.4 Å². The first-order chi connectivity index (χ1) is 19.0. The van der Waals surface area contributed by atoms with Crippen LogP contribution >= 0.6 is 0 Å². The Bertz CT molecular complexity index is 1190. The van der Waals surface area contributed by atoms with Gasteiger partial charge in [-0.3, -0.25) is 9.98 Å². The Morgan fingerprint density at radius 1 is 1.05 bits per heavy atom. The molecule has 1 N–H and O–H groups in total. The maximum Gasteiger partial charge on any atom is 0.0904 e. The van der Waals surface area contributed by atoms with Crippen LogP contribution in [-0.2, 0) is 0 Å². The number of fused-ring (bicyclic) bond motifs is 1. The van der Waals surface area contributed by atoms with E-state index in [-0.39, 0.29) is 6.04 Å². The molecule has 5 nitrogen and oxygen atoms in total. The summed E-state index contributed by atoms with van der Waals surface area (Å²) in [4.78, 5) is 9.92. The third-order valence-corrected chi connectivity index (χ3v) is 8.27. The number of anilines is 1. The number of aromatic nitrogens is 1. The van der Waals surface area contributed by atoms with Gasteiger partial charge in [-0.05, 0) is 82.4 Å². The summed E-state index contributed by atoms with van der Waals surface area (Å²) in [5.41, 5.74) is 7.75. The number of pyridine rings is 1. The van der Waals surface area contributed by atoms with Crippen LogP contribution < -0.4 is 5.32 Å². The zero-order valence-electron chi connectivity index (χ0n) is 24.5. The van der Waals surface area contributed by atoms with E-state index in [4.69, 9.17) is 15.1 Å². The normalized spacial score (nSPS) is 24.2. The quantitative estimate of drug-likeness (QED) is 0.297. The van der Waals surface area contributed by atoms with Gasteiger partial charge in [0, 0.05) is 35.3 Å². The van der Waals surface area contributed by atoms with E-state index < -0.39 is 0 Å². The number of hydrogen-bond donors (Lipinski definition) is 1. The second kappa shape index (κ2) is 12.9. The molecule has 5 heteroatoms. The van der Waals surface area contributed by atoms with Crippen molar-refractivity contribution in [2.75, 3.05) is 5.32 Å². The maximum atomic E-state index is 4.99. The van der Waals surface area contributed by atoms with Gasteiger partial charge < -0.3 is 5.32 Å². The van der Waals surface area contributed by atoms with Crippen molar-refractivity contribution in [3.05, 3.63) is 59.1 Å². The van der Waals surface area contributed by atoms with Crippen molar-refractivity contribution < 1.29 is 0 Å². The average molecular weight is 526 g/mol. The third kappa shape index (κ3) is 7.38. The lowest BCUT2D eigenvalue weighted by atomic mass is 9.90. The predicted molar refractivity (Wildman–Crippen MR) is 167 cm³/mol. The van der Waals surface area contributed by atoms with Crippen LogP contribution in [0.3, 0.4) is 0 Å². The molecule has 2 atom stereocenters. The largest absolute Gasteiger partial charge is 0.382 e. The molecule has 1 saturated carbocycles. The van der Waals surface area contributed by atoms with Gasteiger partial charge >= 0.3 is 0 Å². The summed E-state index contributed by atoms with van der Waals surface area (Å²) < 4.78 is 0. The van der Waals surface area contributed by atoms with E-state index in [0.29, 0.717) is 6.04 Å². The molecule has 2 unspecified atom stereocenters. The lowest BCUT2D eigenvalue weighted by Gasteiger charge is -2.28. The molecule has 0 saturated heterocycles. The summed E-state index contributed by atoms with van der Waals surface area (Å²) in [6, 6.07) is 2.80. The fourth-order valence-corrected chi connectivity index (χ4v) is 5.97. The van der Waals surface area contributed by atoms with Crippen molar-refractivity contribution in [1.29, 1.82) is 0 Å². The first-order valence-electron chi connectivity index (χ1n) is 15.4. The molecule has 5 rings (SSSR count). The van der Waals surface area contributed by atoms with Gasteiger partial charge in [-0.1, -0.05) is 63.7 Å². The molecular formula is C34H47N5. The zero-order chi connectivity index (χ0) is 27.2. The minimum Gasteiger partial charge on any atom is -0.382 e. The van der Waals surface area contributed by atoms with Gasteiger partial charge in [0.1, 0.15) is 0 Å². The molecule has 3 aliphatic heterocycles. The fourth-order valence-electron chi connectivity index (χ4n) is 5.97. The highest BCUT2D eigenvalue weighted by atomic mass is 15.5. The zero-order valence-corrected chi connectivity index (χ0v) is 24.5. The van der Waals surface area contributed by atoms with E-state index in [0.717, 1.165) is 65.9 Å². The van der Waals surface area contributed by atoms with Crippen LogP contribution in [0.2, 0.25) is 0 Å². The molecule has 0 aromatic carbocycles. The lowest BCUT2D eigenvalue weighted by Crippen LogP contribution is -2.20. The summed E-state index contributed by atoms with van der Waals surface area (Å²) in [5.74, 6) is 1.89. The summed E-state index contributed by atoms with van der Waals surface area (Å²) >= 11 is 0. The average Bonchev–Trinajstić information content (AvgIpc) is 3.61. The summed E-state index contributed by atoms with van der Waals surface area (Å²) in [5, 5.41) is 10.5. The summed E-state index contributed by atoms with van der Waals surface area (Å²) in [6.45, 7) is 8.81. The Kier molecular flexibility index (Phi) is 9.16. The van der Waals surface area contributed by atoms with Crippen LogP contribution in [0.25, 0.3) is 11.3 Å². The lowest BCUT2D eigenvalue weighted by molar-refractivity contribution is 0.379. The van der Waals surface area contributed by atoms with E-state index in [1.165, 1.54) is 56.1 Å². The van der Waals surface area contributed by atoms with Crippen LogP contribution in [0.1, 0.15) is 110 Å². The van der Waals surface area contributed by atoms with Crippen molar-refractivity contribution in [2.24, 2.45) is 21.9 Å². The Morgan fingerprint density at radius 3 is 2.67 bits per heavy atom. The van der Waals surface area contributed by atoms with Crippen molar-refractivity contribution in [1.82, 2.24) is 9.99 Å². The van der Waals surface area contributed by atoms with E-state index in [1.54, 1.807) is 0 Å². The van der Waals surface area contributed by atoms with Gasteiger partial charge in [0.15, 0.2) is 0 Å². The van der Waals surface area contributed by atoms with E-state index in [9.17, 15) is 0 Å². The van der Waals surface area contributed by atoms with Crippen molar-refractivity contribution in [2.45, 2.75) is 110 Å². The Balaban J connectivity index is 1.34. The number of hydrazone groups is 1. The molecule has 39 heavy (non-hydrogen) atoms. The van der Waals surface area contributed by atoms with Gasteiger partial charge in [-0.15, -0.1) is 0 Å². The summed E-state index contributed by atoms with van der Waals surface area (Å²) in [7, 11) is 0. The smallest absolute Gasteiger partial charge is 0.0904 e. The van der Waals surface area contributed by atoms with Crippen molar-refractivity contribution in [3.8, 4) is 0 Å². The van der Waals surface area contributed by atoms with Crippen LogP contribution in [0.4, 0.5) is 5.69 Å². The molecule has 0 bridgehead atoms. The molecule has 0 amide bonds. The molecule has 1 aromatic rings. The molecule has 1 aliphatic carbocycles. The Hall–Kier alpha value is -2.95. The molecule has 4 heterocycles. The molecule has 1 fully saturated rings. The van der Waals surface area contributed by atoms with Crippen LogP contribution in [-0.4, -0.2) is 34.5 Å². The SMILES string of the molecule is CCCC(CCC1CC1)CCC1C=C(c2cnc(/C3=C/CCC/C=C4\C=C(C)C=NN34)cc2NC(C)C)C=N1. The van der Waals surface area contributed by atoms with Gasteiger partial charge in [0.05, 0.1) is 29.3 Å². The number of nitrogens with one attached hydrogen (secondary N) is 1. The standard InChI is InChI=1S/C34H47N5/c1-5-9-26(12-13-27-14-15-27)16-17-29-19-28(22-35-29)31-23-36-33(20-32(31)38-24(2)3)34-11-8-6-7-10-30-18-25(4)21-37-39(30)34/h10-11,18-24,26-27,29H,5-9,12-17H2,1-4H3,(H,36,38)/b30-10+,34-11-. The predicted octanol–water partition coefficient (Wildman–Crippen LogP) is 8.78. The monoisotopic (exact) mass is 525 g/mol. The molecule has 208 valence electrons. The molecular weight excluding hydrogens is 478 g/mol. The Morgan fingerprint density at radius 2 is 1.87 bits per heavy atom. The van der Waals surface area contributed by atoms with Gasteiger partial charge in [-0.2, -0.15) is 5.10 Å². The highest BCUT2D eigenvalue weighted by Crippen LogP contribution is 2.37. The topological polar surface area (TPSA) is 52.9 Å². The van der Waals surface area contributed by atoms with Crippen LogP contribution in [0.15, 0.2) is 57.9 Å². The minimum atomic E-state index is 0.283. The number of hydrogen-bond acceptors (Lipinski definition) is 5. The van der Waals surface area contributed by atoms with E-state index >= 15 is 0 Å². The maximum absolute atomic E-state index is 4.99. The summed E-state index contributed by atoms with van der Waals surface area (Å²) in [6.07, 6.45) is 29.3. The van der Waals surface area contributed by atoms with E-state index in [1.807, 2.05) is 12.4 Å². The number of aliphatic imine (C=N–C) groups is 1.